The third-order valence-corrected chi connectivity index (χ3v) is 8.40. The highest BCUT2D eigenvalue weighted by Crippen LogP contribution is 2.47. The van der Waals surface area contributed by atoms with Crippen molar-refractivity contribution in [1.29, 1.82) is 0 Å². The first-order valence-corrected chi connectivity index (χ1v) is 12.5. The van der Waals surface area contributed by atoms with Crippen molar-refractivity contribution < 1.29 is 0 Å². The van der Waals surface area contributed by atoms with E-state index < -0.39 is 0 Å². The molecule has 1 aliphatic carbocycles. The van der Waals surface area contributed by atoms with Crippen LogP contribution in [-0.4, -0.2) is 44.2 Å². The van der Waals surface area contributed by atoms with Crippen molar-refractivity contribution in [2.45, 2.75) is 52.4 Å². The van der Waals surface area contributed by atoms with E-state index in [-0.39, 0.29) is 0 Å². The number of benzene rings is 1. The lowest BCUT2D eigenvalue weighted by molar-refractivity contribution is 0.337. The highest BCUT2D eigenvalue weighted by molar-refractivity contribution is 5.92. The summed E-state index contributed by atoms with van der Waals surface area (Å²) < 4.78 is 1.90. The molecule has 0 radical (unpaired) electrons. The van der Waals surface area contributed by atoms with E-state index in [1.165, 1.54) is 57.3 Å². The second-order valence-electron chi connectivity index (χ2n) is 10.7. The van der Waals surface area contributed by atoms with Crippen molar-refractivity contribution in [2.75, 3.05) is 19.8 Å². The van der Waals surface area contributed by atoms with Crippen LogP contribution in [0.3, 0.4) is 0 Å². The molecule has 0 spiro atoms. The van der Waals surface area contributed by atoms with Gasteiger partial charge in [-0.25, -0.2) is 21.0 Å². The predicted octanol–water partition coefficient (Wildman–Crippen LogP) is 5.92. The average Bonchev–Trinajstić information content (AvgIpc) is 3.56. The van der Waals surface area contributed by atoms with E-state index in [4.69, 9.17) is 6.57 Å². The number of aryl methyl sites for hydroxylation is 1. The van der Waals surface area contributed by atoms with E-state index >= 15 is 0 Å². The Kier molecular flexibility index (Phi) is 5.00. The zero-order valence-corrected chi connectivity index (χ0v) is 20.5. The Labute approximate surface area is 200 Å². The molecular weight excluding hydrogens is 420 g/mol. The quantitative estimate of drug-likeness (QED) is 0.391. The first-order valence-electron chi connectivity index (χ1n) is 12.5. The summed E-state index contributed by atoms with van der Waals surface area (Å²) in [4.78, 5) is 14.1. The minimum atomic E-state index is 0.398. The number of hydrogen-bond acceptors (Lipinski definition) is 3. The number of aromatic nitrogens is 4. The first kappa shape index (κ1) is 21.4. The maximum atomic E-state index is 7.17. The number of likely N-dealkylation sites (tertiary alicyclic amines) is 1. The minimum Gasteiger partial charge on any atom is -0.354 e. The topological polar surface area (TPSA) is 53.6 Å². The molecule has 2 unspecified atom stereocenters. The zero-order valence-electron chi connectivity index (χ0n) is 20.5. The van der Waals surface area contributed by atoms with Gasteiger partial charge in [-0.05, 0) is 84.7 Å². The van der Waals surface area contributed by atoms with Crippen LogP contribution in [0.2, 0.25) is 0 Å². The van der Waals surface area contributed by atoms with Gasteiger partial charge in [0, 0.05) is 35.8 Å². The van der Waals surface area contributed by atoms with Gasteiger partial charge in [0.05, 0.1) is 5.69 Å². The SMILES string of the molecule is [C-]#[N+]CN1CC2CC(c3ccc4[nH]c(-c5cn6ncnc6c(C)c5C)c(C(C)C)c4c3)CC2C1. The van der Waals surface area contributed by atoms with Gasteiger partial charge in [0.1, 0.15) is 6.33 Å². The molecule has 0 amide bonds. The third kappa shape index (κ3) is 3.25. The van der Waals surface area contributed by atoms with Crippen LogP contribution in [-0.2, 0) is 0 Å². The summed E-state index contributed by atoms with van der Waals surface area (Å²) in [7, 11) is 0. The molecule has 2 aliphatic rings. The number of rotatable bonds is 4. The van der Waals surface area contributed by atoms with Crippen LogP contribution in [0, 0.1) is 32.3 Å². The summed E-state index contributed by atoms with van der Waals surface area (Å²) in [5.74, 6) is 2.52. The average molecular weight is 453 g/mol. The van der Waals surface area contributed by atoms with E-state index in [1.807, 2.05) is 4.52 Å². The second-order valence-corrected chi connectivity index (χ2v) is 10.7. The van der Waals surface area contributed by atoms with Gasteiger partial charge in [-0.3, -0.25) is 4.85 Å². The van der Waals surface area contributed by atoms with Crippen molar-refractivity contribution in [1.82, 2.24) is 24.5 Å². The van der Waals surface area contributed by atoms with Crippen LogP contribution in [0.25, 0.3) is 32.7 Å². The van der Waals surface area contributed by atoms with Crippen molar-refractivity contribution in [3.63, 3.8) is 0 Å². The molecule has 174 valence electrons. The van der Waals surface area contributed by atoms with Gasteiger partial charge in [0.25, 0.3) is 6.67 Å². The van der Waals surface area contributed by atoms with E-state index in [9.17, 15) is 0 Å². The van der Waals surface area contributed by atoms with Crippen molar-refractivity contribution in [3.8, 4) is 11.3 Å². The van der Waals surface area contributed by atoms with Gasteiger partial charge in [-0.15, -0.1) is 0 Å². The zero-order chi connectivity index (χ0) is 23.6. The molecule has 2 atom stereocenters. The maximum absolute atomic E-state index is 7.17. The molecule has 6 heteroatoms. The van der Waals surface area contributed by atoms with Crippen molar-refractivity contribution in [3.05, 3.63) is 64.4 Å². The van der Waals surface area contributed by atoms with Crippen LogP contribution < -0.4 is 0 Å². The van der Waals surface area contributed by atoms with E-state index in [1.54, 1.807) is 6.33 Å². The molecule has 1 saturated carbocycles. The number of nitrogens with zero attached hydrogens (tertiary/aromatic N) is 5. The van der Waals surface area contributed by atoms with Gasteiger partial charge in [-0.2, -0.15) is 5.10 Å². The van der Waals surface area contributed by atoms with E-state index in [0.717, 1.165) is 30.6 Å². The standard InChI is InChI=1S/C28H32N6/c1-16(2)26-23-10-19(20-8-21-11-33(15-29-5)12-22(21)9-20)6-7-25(23)32-27(26)24-13-34-28(30-14-31-34)18(4)17(24)3/h6-7,10,13-14,16,20-22,32H,8-9,11-12,15H2,1-4H3. The van der Waals surface area contributed by atoms with Gasteiger partial charge < -0.3 is 4.98 Å². The molecule has 0 bridgehead atoms. The monoisotopic (exact) mass is 452 g/mol. The number of nitrogens with one attached hydrogen (secondary N) is 1. The fourth-order valence-corrected chi connectivity index (χ4v) is 6.64. The Morgan fingerprint density at radius 2 is 1.91 bits per heavy atom. The van der Waals surface area contributed by atoms with E-state index in [2.05, 4.69) is 76.9 Å². The van der Waals surface area contributed by atoms with Crippen LogP contribution in [0.1, 0.15) is 60.8 Å². The molecule has 4 aromatic rings. The summed E-state index contributed by atoms with van der Waals surface area (Å²) in [5.41, 5.74) is 9.83. The molecule has 6 rings (SSSR count). The largest absolute Gasteiger partial charge is 0.354 e. The molecule has 1 aromatic carbocycles. The molecule has 1 aliphatic heterocycles. The van der Waals surface area contributed by atoms with Crippen molar-refractivity contribution in [2.24, 2.45) is 11.8 Å². The summed E-state index contributed by atoms with van der Waals surface area (Å²) in [5, 5.41) is 5.77. The molecule has 2 fully saturated rings. The van der Waals surface area contributed by atoms with Crippen LogP contribution >= 0.6 is 0 Å². The fraction of sp³-hybridized carbons (Fsp3) is 0.464. The molecule has 4 heterocycles. The highest BCUT2D eigenvalue weighted by Gasteiger charge is 2.42. The molecule has 1 N–H and O–H groups in total. The molecule has 3 aromatic heterocycles. The Balaban J connectivity index is 1.40. The molecule has 6 nitrogen and oxygen atoms in total. The first-order chi connectivity index (χ1) is 16.4. The number of fused-ring (bicyclic) bond motifs is 3. The molecular formula is C28H32N6. The van der Waals surface area contributed by atoms with E-state index in [0.29, 0.717) is 18.5 Å². The van der Waals surface area contributed by atoms with Crippen LogP contribution in [0.15, 0.2) is 30.7 Å². The van der Waals surface area contributed by atoms with Gasteiger partial charge in [0.2, 0.25) is 0 Å². The third-order valence-electron chi connectivity index (χ3n) is 8.40. The Morgan fingerprint density at radius 1 is 1.15 bits per heavy atom. The minimum absolute atomic E-state index is 0.398. The number of aromatic amines is 1. The molecule has 34 heavy (non-hydrogen) atoms. The summed E-state index contributed by atoms with van der Waals surface area (Å²) >= 11 is 0. The molecule has 1 saturated heterocycles. The lowest BCUT2D eigenvalue weighted by Crippen LogP contribution is -2.21. The van der Waals surface area contributed by atoms with Gasteiger partial charge in [0.15, 0.2) is 5.65 Å². The smallest absolute Gasteiger partial charge is 0.270 e. The Hall–Kier alpha value is -3.17. The number of pyridine rings is 1. The predicted molar refractivity (Wildman–Crippen MR) is 136 cm³/mol. The fourth-order valence-electron chi connectivity index (χ4n) is 6.64. The highest BCUT2D eigenvalue weighted by atomic mass is 15.3. The maximum Gasteiger partial charge on any atom is 0.270 e. The summed E-state index contributed by atoms with van der Waals surface area (Å²) in [6.45, 7) is 18.8. The Morgan fingerprint density at radius 3 is 2.62 bits per heavy atom. The summed E-state index contributed by atoms with van der Waals surface area (Å²) in [6, 6.07) is 7.09. The summed E-state index contributed by atoms with van der Waals surface area (Å²) in [6.07, 6.45) is 6.25. The van der Waals surface area contributed by atoms with Crippen LogP contribution in [0.5, 0.6) is 0 Å². The normalized spacial score (nSPS) is 22.8. The Bertz CT molecular complexity index is 1420. The van der Waals surface area contributed by atoms with Gasteiger partial charge >= 0.3 is 0 Å². The van der Waals surface area contributed by atoms with Crippen molar-refractivity contribution >= 4 is 16.6 Å². The van der Waals surface area contributed by atoms with Crippen LogP contribution in [0.4, 0.5) is 0 Å². The lowest BCUT2D eigenvalue weighted by atomic mass is 9.90. The number of hydrogen-bond donors (Lipinski definition) is 1. The number of H-pyrrole nitrogens is 1. The lowest BCUT2D eigenvalue weighted by Gasteiger charge is -2.16. The van der Waals surface area contributed by atoms with Gasteiger partial charge in [-0.1, -0.05) is 19.9 Å². The second kappa shape index (κ2) is 7.95.